The normalized spacial score (nSPS) is 13.1. The van der Waals surface area contributed by atoms with Crippen molar-refractivity contribution in [1.82, 2.24) is 10.3 Å². The van der Waals surface area contributed by atoms with Gasteiger partial charge in [0.25, 0.3) is 0 Å². The molecular formula is C14H27N3S. The Hall–Kier alpha value is -0.610. The molecule has 0 aliphatic heterocycles. The van der Waals surface area contributed by atoms with Crippen molar-refractivity contribution < 1.29 is 0 Å². The van der Waals surface area contributed by atoms with Gasteiger partial charge in [-0.1, -0.05) is 27.7 Å². The van der Waals surface area contributed by atoms with E-state index in [4.69, 9.17) is 4.98 Å². The first kappa shape index (κ1) is 15.4. The van der Waals surface area contributed by atoms with Gasteiger partial charge in [-0.05, 0) is 25.8 Å². The topological polar surface area (TPSA) is 28.2 Å². The summed E-state index contributed by atoms with van der Waals surface area (Å²) >= 11 is 1.83. The Morgan fingerprint density at radius 1 is 1.28 bits per heavy atom. The van der Waals surface area contributed by atoms with Crippen LogP contribution < -0.4 is 10.2 Å². The van der Waals surface area contributed by atoms with Crippen LogP contribution in [0.25, 0.3) is 0 Å². The van der Waals surface area contributed by atoms with E-state index in [1.165, 1.54) is 10.6 Å². The van der Waals surface area contributed by atoms with Crippen LogP contribution >= 0.6 is 11.3 Å². The number of anilines is 1. The first-order valence-electron chi connectivity index (χ1n) is 6.94. The van der Waals surface area contributed by atoms with Crippen LogP contribution in [0, 0.1) is 0 Å². The molecule has 0 saturated carbocycles. The van der Waals surface area contributed by atoms with Crippen molar-refractivity contribution in [2.24, 2.45) is 0 Å². The maximum absolute atomic E-state index is 4.84. The highest BCUT2D eigenvalue weighted by Gasteiger charge is 2.18. The van der Waals surface area contributed by atoms with Gasteiger partial charge in [-0.15, -0.1) is 11.3 Å². The smallest absolute Gasteiger partial charge is 0.185 e. The van der Waals surface area contributed by atoms with E-state index in [1.807, 2.05) is 11.3 Å². The van der Waals surface area contributed by atoms with E-state index < -0.39 is 0 Å². The molecule has 0 aliphatic carbocycles. The van der Waals surface area contributed by atoms with Crippen LogP contribution in [-0.2, 0) is 6.54 Å². The molecule has 1 unspecified atom stereocenters. The molecule has 3 nitrogen and oxygen atoms in total. The average molecular weight is 269 g/mol. The minimum Gasteiger partial charge on any atom is -0.348 e. The Balaban J connectivity index is 2.94. The lowest BCUT2D eigenvalue weighted by Gasteiger charge is -2.22. The molecule has 0 aromatic carbocycles. The molecule has 0 radical (unpaired) electrons. The van der Waals surface area contributed by atoms with E-state index in [1.54, 1.807) is 0 Å². The van der Waals surface area contributed by atoms with Crippen LogP contribution in [0.5, 0.6) is 0 Å². The fourth-order valence-electron chi connectivity index (χ4n) is 1.78. The second-order valence-electron chi connectivity index (χ2n) is 5.11. The second kappa shape index (κ2) is 7.10. The summed E-state index contributed by atoms with van der Waals surface area (Å²) in [6, 6.07) is 0.545. The standard InChI is InChI=1S/C14H27N3S/c1-7-11(5)17(6)14-16-13(10(3)4)12(18-14)9-15-8-2/h10-11,15H,7-9H2,1-6H3. The molecular weight excluding hydrogens is 242 g/mol. The van der Waals surface area contributed by atoms with Gasteiger partial charge in [0.2, 0.25) is 0 Å². The predicted molar refractivity (Wildman–Crippen MR) is 81.7 cm³/mol. The fourth-order valence-corrected chi connectivity index (χ4v) is 3.03. The molecule has 104 valence electrons. The molecule has 1 heterocycles. The van der Waals surface area contributed by atoms with Crippen LogP contribution in [0.15, 0.2) is 0 Å². The zero-order chi connectivity index (χ0) is 13.7. The van der Waals surface area contributed by atoms with Crippen molar-refractivity contribution in [2.75, 3.05) is 18.5 Å². The first-order chi connectivity index (χ1) is 8.51. The summed E-state index contributed by atoms with van der Waals surface area (Å²) in [5, 5.41) is 4.56. The Kier molecular flexibility index (Phi) is 6.09. The highest BCUT2D eigenvalue weighted by molar-refractivity contribution is 7.15. The molecule has 0 bridgehead atoms. The number of nitrogens with zero attached hydrogens (tertiary/aromatic N) is 2. The summed E-state index contributed by atoms with van der Waals surface area (Å²) in [6.07, 6.45) is 1.15. The molecule has 1 atom stereocenters. The molecule has 0 amide bonds. The number of hydrogen-bond acceptors (Lipinski definition) is 4. The third kappa shape index (κ3) is 3.69. The molecule has 0 fully saturated rings. The molecule has 0 aliphatic rings. The summed E-state index contributed by atoms with van der Waals surface area (Å²) in [6.45, 7) is 13.0. The van der Waals surface area contributed by atoms with Gasteiger partial charge < -0.3 is 10.2 Å². The van der Waals surface area contributed by atoms with Crippen molar-refractivity contribution in [3.8, 4) is 0 Å². The maximum atomic E-state index is 4.84. The SMILES string of the molecule is CCNCc1sc(N(C)C(C)CC)nc1C(C)C. The van der Waals surface area contributed by atoms with E-state index in [0.29, 0.717) is 12.0 Å². The van der Waals surface area contributed by atoms with Crippen molar-refractivity contribution in [3.63, 3.8) is 0 Å². The molecule has 18 heavy (non-hydrogen) atoms. The van der Waals surface area contributed by atoms with E-state index in [0.717, 1.165) is 24.6 Å². The molecule has 4 heteroatoms. The zero-order valence-corrected chi connectivity index (χ0v) is 13.4. The Morgan fingerprint density at radius 3 is 2.44 bits per heavy atom. The van der Waals surface area contributed by atoms with Gasteiger partial charge in [0.15, 0.2) is 5.13 Å². The lowest BCUT2D eigenvalue weighted by molar-refractivity contribution is 0.659. The van der Waals surface area contributed by atoms with Crippen molar-refractivity contribution in [2.45, 2.75) is 59.5 Å². The predicted octanol–water partition coefficient (Wildman–Crippen LogP) is 3.61. The minimum absolute atomic E-state index is 0.494. The Bertz CT molecular complexity index is 360. The van der Waals surface area contributed by atoms with Crippen LogP contribution in [0.2, 0.25) is 0 Å². The number of hydrogen-bond donors (Lipinski definition) is 1. The van der Waals surface area contributed by atoms with Gasteiger partial charge in [0.1, 0.15) is 0 Å². The summed E-state index contributed by atoms with van der Waals surface area (Å²) < 4.78 is 0. The number of thiazole rings is 1. The lowest BCUT2D eigenvalue weighted by atomic mass is 10.1. The largest absolute Gasteiger partial charge is 0.348 e. The van der Waals surface area contributed by atoms with Gasteiger partial charge in [-0.2, -0.15) is 0 Å². The van der Waals surface area contributed by atoms with Crippen molar-refractivity contribution >= 4 is 16.5 Å². The van der Waals surface area contributed by atoms with Gasteiger partial charge in [-0.3, -0.25) is 0 Å². The Morgan fingerprint density at radius 2 is 1.94 bits per heavy atom. The third-order valence-corrected chi connectivity index (χ3v) is 4.51. The molecule has 0 saturated heterocycles. The average Bonchev–Trinajstić information content (AvgIpc) is 2.78. The minimum atomic E-state index is 0.494. The molecule has 1 aromatic heterocycles. The molecule has 0 spiro atoms. The second-order valence-corrected chi connectivity index (χ2v) is 6.17. The molecule has 1 rings (SSSR count). The van der Waals surface area contributed by atoms with Crippen LogP contribution in [0.3, 0.4) is 0 Å². The maximum Gasteiger partial charge on any atom is 0.185 e. The highest BCUT2D eigenvalue weighted by Crippen LogP contribution is 2.31. The van der Waals surface area contributed by atoms with E-state index >= 15 is 0 Å². The quantitative estimate of drug-likeness (QED) is 0.819. The molecule has 1 N–H and O–H groups in total. The van der Waals surface area contributed by atoms with Crippen LogP contribution in [-0.4, -0.2) is 24.6 Å². The monoisotopic (exact) mass is 269 g/mol. The van der Waals surface area contributed by atoms with E-state index in [2.05, 4.69) is 51.9 Å². The first-order valence-corrected chi connectivity index (χ1v) is 7.75. The zero-order valence-electron chi connectivity index (χ0n) is 12.6. The number of rotatable bonds is 7. The number of nitrogens with one attached hydrogen (secondary N) is 1. The van der Waals surface area contributed by atoms with Crippen molar-refractivity contribution in [3.05, 3.63) is 10.6 Å². The van der Waals surface area contributed by atoms with Gasteiger partial charge in [-0.25, -0.2) is 4.98 Å². The summed E-state index contributed by atoms with van der Waals surface area (Å²) in [4.78, 5) is 8.52. The van der Waals surface area contributed by atoms with Crippen LogP contribution in [0.4, 0.5) is 5.13 Å². The fraction of sp³-hybridized carbons (Fsp3) is 0.786. The van der Waals surface area contributed by atoms with Crippen molar-refractivity contribution in [1.29, 1.82) is 0 Å². The van der Waals surface area contributed by atoms with E-state index in [-0.39, 0.29) is 0 Å². The lowest BCUT2D eigenvalue weighted by Crippen LogP contribution is -2.27. The van der Waals surface area contributed by atoms with Gasteiger partial charge in [0, 0.05) is 24.5 Å². The Labute approximate surface area is 116 Å². The number of aromatic nitrogens is 1. The summed E-state index contributed by atoms with van der Waals surface area (Å²) in [5.41, 5.74) is 1.26. The molecule has 1 aromatic rings. The summed E-state index contributed by atoms with van der Waals surface area (Å²) in [7, 11) is 2.15. The highest BCUT2D eigenvalue weighted by atomic mass is 32.1. The van der Waals surface area contributed by atoms with Crippen LogP contribution in [0.1, 0.15) is 57.5 Å². The summed E-state index contributed by atoms with van der Waals surface area (Å²) in [5.74, 6) is 0.494. The van der Waals surface area contributed by atoms with E-state index in [9.17, 15) is 0 Å². The van der Waals surface area contributed by atoms with Gasteiger partial charge >= 0.3 is 0 Å². The third-order valence-electron chi connectivity index (χ3n) is 3.35. The van der Waals surface area contributed by atoms with Gasteiger partial charge in [0.05, 0.1) is 5.69 Å².